The summed E-state index contributed by atoms with van der Waals surface area (Å²) in [6, 6.07) is 4.73. The van der Waals surface area contributed by atoms with Crippen molar-refractivity contribution in [2.24, 2.45) is 0 Å². The highest BCUT2D eigenvalue weighted by Crippen LogP contribution is 2.29. The SMILES string of the molecule is CC(CCCl)c1c(F)cccc1Cl. The Balaban J connectivity index is 2.98. The Morgan fingerprint density at radius 3 is 2.69 bits per heavy atom. The molecule has 0 bridgehead atoms. The van der Waals surface area contributed by atoms with Crippen molar-refractivity contribution >= 4 is 23.2 Å². The third-order valence-corrected chi connectivity index (χ3v) is 2.58. The van der Waals surface area contributed by atoms with Crippen molar-refractivity contribution in [3.63, 3.8) is 0 Å². The van der Waals surface area contributed by atoms with Crippen LogP contribution in [0.15, 0.2) is 18.2 Å². The standard InChI is InChI=1S/C10H11Cl2F/c1-7(5-6-11)10-8(12)3-2-4-9(10)13/h2-4,7H,5-6H2,1H3. The first kappa shape index (κ1) is 10.8. The summed E-state index contributed by atoms with van der Waals surface area (Å²) in [6.07, 6.45) is 0.738. The zero-order valence-electron chi connectivity index (χ0n) is 7.36. The molecule has 1 rings (SSSR count). The number of rotatable bonds is 3. The van der Waals surface area contributed by atoms with Gasteiger partial charge in [-0.25, -0.2) is 4.39 Å². The van der Waals surface area contributed by atoms with Crippen molar-refractivity contribution < 1.29 is 4.39 Å². The van der Waals surface area contributed by atoms with E-state index in [0.717, 1.165) is 6.42 Å². The molecule has 1 unspecified atom stereocenters. The van der Waals surface area contributed by atoms with Gasteiger partial charge in [0.2, 0.25) is 0 Å². The minimum Gasteiger partial charge on any atom is -0.207 e. The summed E-state index contributed by atoms with van der Waals surface area (Å²) in [7, 11) is 0. The van der Waals surface area contributed by atoms with Gasteiger partial charge in [0.05, 0.1) is 0 Å². The van der Waals surface area contributed by atoms with Crippen LogP contribution in [0.2, 0.25) is 5.02 Å². The van der Waals surface area contributed by atoms with Crippen LogP contribution in [-0.4, -0.2) is 5.88 Å². The molecule has 0 fully saturated rings. The van der Waals surface area contributed by atoms with Crippen molar-refractivity contribution in [1.29, 1.82) is 0 Å². The molecule has 0 amide bonds. The summed E-state index contributed by atoms with van der Waals surface area (Å²) < 4.78 is 13.3. The summed E-state index contributed by atoms with van der Waals surface area (Å²) in [4.78, 5) is 0. The number of hydrogen-bond acceptors (Lipinski definition) is 0. The molecule has 0 aromatic heterocycles. The molecule has 0 saturated heterocycles. The van der Waals surface area contributed by atoms with Crippen LogP contribution in [0.4, 0.5) is 4.39 Å². The fourth-order valence-corrected chi connectivity index (χ4v) is 1.97. The van der Waals surface area contributed by atoms with Crippen LogP contribution in [-0.2, 0) is 0 Å². The molecule has 0 saturated carbocycles. The van der Waals surface area contributed by atoms with E-state index in [0.29, 0.717) is 16.5 Å². The molecule has 0 aliphatic heterocycles. The maximum atomic E-state index is 13.3. The smallest absolute Gasteiger partial charge is 0.128 e. The normalized spacial score (nSPS) is 12.9. The zero-order valence-corrected chi connectivity index (χ0v) is 8.87. The van der Waals surface area contributed by atoms with Crippen LogP contribution in [0.1, 0.15) is 24.8 Å². The van der Waals surface area contributed by atoms with Gasteiger partial charge < -0.3 is 0 Å². The Labute approximate surface area is 87.7 Å². The number of halogens is 3. The van der Waals surface area contributed by atoms with Crippen LogP contribution >= 0.6 is 23.2 Å². The average Bonchev–Trinajstić information content (AvgIpc) is 2.04. The molecule has 1 atom stereocenters. The third-order valence-electron chi connectivity index (χ3n) is 2.03. The van der Waals surface area contributed by atoms with Crippen LogP contribution in [0.25, 0.3) is 0 Å². The van der Waals surface area contributed by atoms with Crippen molar-refractivity contribution in [3.05, 3.63) is 34.6 Å². The number of hydrogen-bond donors (Lipinski definition) is 0. The Morgan fingerprint density at radius 1 is 1.46 bits per heavy atom. The Morgan fingerprint density at radius 2 is 2.15 bits per heavy atom. The monoisotopic (exact) mass is 220 g/mol. The quantitative estimate of drug-likeness (QED) is 0.670. The molecule has 1 aromatic carbocycles. The van der Waals surface area contributed by atoms with E-state index >= 15 is 0 Å². The van der Waals surface area contributed by atoms with E-state index in [1.54, 1.807) is 12.1 Å². The maximum Gasteiger partial charge on any atom is 0.128 e. The fourth-order valence-electron chi connectivity index (χ4n) is 1.29. The van der Waals surface area contributed by atoms with E-state index in [-0.39, 0.29) is 11.7 Å². The summed E-state index contributed by atoms with van der Waals surface area (Å²) in [5.74, 6) is 0.350. The van der Waals surface area contributed by atoms with Crippen LogP contribution in [0.5, 0.6) is 0 Å². The summed E-state index contributed by atoms with van der Waals surface area (Å²) in [5.41, 5.74) is 0.574. The van der Waals surface area contributed by atoms with Gasteiger partial charge in [-0.15, -0.1) is 11.6 Å². The first-order valence-corrected chi connectivity index (χ1v) is 5.08. The molecule has 0 aliphatic rings. The van der Waals surface area contributed by atoms with Gasteiger partial charge in [-0.1, -0.05) is 24.6 Å². The van der Waals surface area contributed by atoms with Gasteiger partial charge >= 0.3 is 0 Å². The second-order valence-corrected chi connectivity index (χ2v) is 3.80. The third kappa shape index (κ3) is 2.58. The minimum atomic E-state index is -0.245. The fraction of sp³-hybridized carbons (Fsp3) is 0.400. The summed E-state index contributed by atoms with van der Waals surface area (Å²) in [6.45, 7) is 1.92. The number of benzene rings is 1. The highest BCUT2D eigenvalue weighted by molar-refractivity contribution is 6.31. The van der Waals surface area contributed by atoms with E-state index in [1.807, 2.05) is 6.92 Å². The Kier molecular flexibility index (Phi) is 4.01. The molecule has 0 nitrogen and oxygen atoms in total. The van der Waals surface area contributed by atoms with E-state index < -0.39 is 0 Å². The molecule has 0 radical (unpaired) electrons. The van der Waals surface area contributed by atoms with E-state index in [9.17, 15) is 4.39 Å². The average molecular weight is 221 g/mol. The van der Waals surface area contributed by atoms with Gasteiger partial charge in [0.15, 0.2) is 0 Å². The first-order chi connectivity index (χ1) is 6.16. The van der Waals surface area contributed by atoms with Crippen LogP contribution < -0.4 is 0 Å². The van der Waals surface area contributed by atoms with Crippen molar-refractivity contribution in [2.45, 2.75) is 19.3 Å². The lowest BCUT2D eigenvalue weighted by atomic mass is 9.98. The molecule has 0 aliphatic carbocycles. The van der Waals surface area contributed by atoms with Gasteiger partial charge in [-0.2, -0.15) is 0 Å². The summed E-state index contributed by atoms with van der Waals surface area (Å²) >= 11 is 11.5. The molecule has 0 spiro atoms. The molecule has 0 N–H and O–H groups in total. The van der Waals surface area contributed by atoms with E-state index in [4.69, 9.17) is 23.2 Å². The molecular formula is C10H11Cl2F. The van der Waals surface area contributed by atoms with Gasteiger partial charge in [-0.05, 0) is 24.5 Å². The Bertz CT molecular complexity index is 266. The van der Waals surface area contributed by atoms with Crippen molar-refractivity contribution in [2.75, 3.05) is 5.88 Å². The minimum absolute atomic E-state index is 0.0752. The predicted molar refractivity (Wildman–Crippen MR) is 55.2 cm³/mol. The van der Waals surface area contributed by atoms with Gasteiger partial charge in [0, 0.05) is 16.5 Å². The lowest BCUT2D eigenvalue weighted by Gasteiger charge is -2.12. The molecular weight excluding hydrogens is 210 g/mol. The molecule has 72 valence electrons. The Hall–Kier alpha value is -0.270. The maximum absolute atomic E-state index is 13.3. The first-order valence-electron chi connectivity index (χ1n) is 4.16. The summed E-state index contributed by atoms with van der Waals surface area (Å²) in [5, 5.41) is 0.484. The highest BCUT2D eigenvalue weighted by Gasteiger charge is 2.13. The van der Waals surface area contributed by atoms with Gasteiger partial charge in [-0.3, -0.25) is 0 Å². The molecule has 3 heteroatoms. The highest BCUT2D eigenvalue weighted by atomic mass is 35.5. The molecule has 0 heterocycles. The van der Waals surface area contributed by atoms with Crippen LogP contribution in [0, 0.1) is 5.82 Å². The predicted octanol–water partition coefficient (Wildman–Crippen LogP) is 4.21. The topological polar surface area (TPSA) is 0 Å². The lowest BCUT2D eigenvalue weighted by molar-refractivity contribution is 0.585. The lowest BCUT2D eigenvalue weighted by Crippen LogP contribution is -1.99. The number of alkyl halides is 1. The molecule has 1 aromatic rings. The van der Waals surface area contributed by atoms with E-state index in [1.165, 1.54) is 6.07 Å². The van der Waals surface area contributed by atoms with Crippen LogP contribution in [0.3, 0.4) is 0 Å². The van der Waals surface area contributed by atoms with E-state index in [2.05, 4.69) is 0 Å². The second-order valence-electron chi connectivity index (χ2n) is 3.01. The van der Waals surface area contributed by atoms with Crippen molar-refractivity contribution in [3.8, 4) is 0 Å². The van der Waals surface area contributed by atoms with Crippen molar-refractivity contribution in [1.82, 2.24) is 0 Å². The van der Waals surface area contributed by atoms with Gasteiger partial charge in [0.1, 0.15) is 5.82 Å². The molecule has 13 heavy (non-hydrogen) atoms. The largest absolute Gasteiger partial charge is 0.207 e. The van der Waals surface area contributed by atoms with Gasteiger partial charge in [0.25, 0.3) is 0 Å². The second kappa shape index (κ2) is 4.83. The zero-order chi connectivity index (χ0) is 9.84.